The van der Waals surface area contributed by atoms with Crippen molar-refractivity contribution in [1.29, 1.82) is 0 Å². The van der Waals surface area contributed by atoms with Gasteiger partial charge in [-0.1, -0.05) is 25.6 Å². The van der Waals surface area contributed by atoms with Crippen molar-refractivity contribution in [3.05, 3.63) is 29.7 Å². The molecule has 1 fully saturated rings. The van der Waals surface area contributed by atoms with E-state index in [0.717, 1.165) is 23.9 Å². The van der Waals surface area contributed by atoms with E-state index >= 15 is 0 Å². The number of carbonyl (C=O) groups is 1. The average Bonchev–Trinajstić information content (AvgIpc) is 3.16. The van der Waals surface area contributed by atoms with Crippen LogP contribution in [0.3, 0.4) is 0 Å². The van der Waals surface area contributed by atoms with Crippen LogP contribution < -0.4 is 10.2 Å². The van der Waals surface area contributed by atoms with Crippen LogP contribution in [0.25, 0.3) is 0 Å². The normalized spacial score (nSPS) is 15.0. The minimum Gasteiger partial charge on any atom is -0.416 e. The summed E-state index contributed by atoms with van der Waals surface area (Å²) in [5, 5.41) is 10.7. The Bertz CT molecular complexity index is 851. The zero-order chi connectivity index (χ0) is 21.0. The van der Waals surface area contributed by atoms with E-state index in [1.54, 1.807) is 4.90 Å². The van der Waals surface area contributed by atoms with Gasteiger partial charge in [0.2, 0.25) is 11.8 Å². The third-order valence-electron chi connectivity index (χ3n) is 4.19. The highest BCUT2D eigenvalue weighted by Crippen LogP contribution is 2.36. The minimum absolute atomic E-state index is 0.0106. The molecule has 1 aliphatic heterocycles. The van der Waals surface area contributed by atoms with Gasteiger partial charge >= 0.3 is 6.18 Å². The standard InChI is InChI=1S/C18H21F3N4O3S/c1-11(2)16-23-24-17(28-16)29-10-15(26)22-13-4-3-12(18(19,20)21)9-14(13)25-5-7-27-8-6-25/h3-4,9,11H,5-8,10H2,1-2H3,(H,22,26). The zero-order valence-corrected chi connectivity index (χ0v) is 16.8. The van der Waals surface area contributed by atoms with Crippen LogP contribution in [0, 0.1) is 0 Å². The Kier molecular flexibility index (Phi) is 6.68. The lowest BCUT2D eigenvalue weighted by Gasteiger charge is -2.31. The number of nitrogens with one attached hydrogen (secondary N) is 1. The van der Waals surface area contributed by atoms with E-state index in [-0.39, 0.29) is 22.8 Å². The Labute approximate surface area is 170 Å². The molecular formula is C18H21F3N4O3S. The Hall–Kier alpha value is -2.27. The van der Waals surface area contributed by atoms with E-state index in [9.17, 15) is 18.0 Å². The molecule has 0 saturated carbocycles. The maximum atomic E-state index is 13.1. The van der Waals surface area contributed by atoms with Gasteiger partial charge in [0.1, 0.15) is 0 Å². The lowest BCUT2D eigenvalue weighted by molar-refractivity contribution is -0.137. The van der Waals surface area contributed by atoms with Gasteiger partial charge in [-0.15, -0.1) is 10.2 Å². The smallest absolute Gasteiger partial charge is 0.416 e. The van der Waals surface area contributed by atoms with Crippen molar-refractivity contribution in [3.63, 3.8) is 0 Å². The molecule has 0 atom stereocenters. The van der Waals surface area contributed by atoms with Crippen molar-refractivity contribution < 1.29 is 27.1 Å². The number of alkyl halides is 3. The van der Waals surface area contributed by atoms with Crippen LogP contribution in [0.1, 0.15) is 31.2 Å². The third-order valence-corrected chi connectivity index (χ3v) is 5.01. The van der Waals surface area contributed by atoms with Gasteiger partial charge in [0, 0.05) is 19.0 Å². The molecule has 1 aromatic heterocycles. The molecule has 3 rings (SSSR count). The molecule has 29 heavy (non-hydrogen) atoms. The fourth-order valence-electron chi connectivity index (χ4n) is 2.71. The molecule has 0 bridgehead atoms. The molecule has 11 heteroatoms. The third kappa shape index (κ3) is 5.63. The second-order valence-corrected chi connectivity index (χ2v) is 7.65. The van der Waals surface area contributed by atoms with Crippen LogP contribution >= 0.6 is 11.8 Å². The van der Waals surface area contributed by atoms with Gasteiger partial charge in [-0.2, -0.15) is 13.2 Å². The molecule has 0 aliphatic carbocycles. The van der Waals surface area contributed by atoms with Crippen molar-refractivity contribution in [2.75, 3.05) is 42.3 Å². The quantitative estimate of drug-likeness (QED) is 0.699. The zero-order valence-electron chi connectivity index (χ0n) is 16.0. The highest BCUT2D eigenvalue weighted by atomic mass is 32.2. The van der Waals surface area contributed by atoms with Gasteiger partial charge < -0.3 is 19.4 Å². The maximum Gasteiger partial charge on any atom is 0.416 e. The molecule has 1 aromatic carbocycles. The molecule has 1 N–H and O–H groups in total. The highest BCUT2D eigenvalue weighted by Gasteiger charge is 2.32. The first-order chi connectivity index (χ1) is 13.7. The fraction of sp³-hybridized carbons (Fsp3) is 0.500. The van der Waals surface area contributed by atoms with E-state index in [2.05, 4.69) is 15.5 Å². The summed E-state index contributed by atoms with van der Waals surface area (Å²) in [5.41, 5.74) is -0.126. The van der Waals surface area contributed by atoms with Crippen molar-refractivity contribution in [3.8, 4) is 0 Å². The number of hydrogen-bond acceptors (Lipinski definition) is 7. The van der Waals surface area contributed by atoms with E-state index < -0.39 is 11.7 Å². The molecule has 2 aromatic rings. The number of aromatic nitrogens is 2. The van der Waals surface area contributed by atoms with Crippen LogP contribution in [0.2, 0.25) is 0 Å². The number of thioether (sulfide) groups is 1. The Morgan fingerprint density at radius 1 is 1.28 bits per heavy atom. The number of ether oxygens (including phenoxy) is 1. The van der Waals surface area contributed by atoms with Crippen LogP contribution in [0.4, 0.5) is 24.5 Å². The van der Waals surface area contributed by atoms with E-state index in [1.165, 1.54) is 6.07 Å². The summed E-state index contributed by atoms with van der Waals surface area (Å²) in [6, 6.07) is 3.29. The molecule has 1 amide bonds. The number of hydrogen-bond donors (Lipinski definition) is 1. The average molecular weight is 430 g/mol. The Balaban J connectivity index is 1.71. The summed E-state index contributed by atoms with van der Waals surface area (Å²) in [6.45, 7) is 5.53. The SMILES string of the molecule is CC(C)c1nnc(SCC(=O)Nc2ccc(C(F)(F)F)cc2N2CCOCC2)o1. The van der Waals surface area contributed by atoms with Crippen LogP contribution in [0.5, 0.6) is 0 Å². The number of benzene rings is 1. The van der Waals surface area contributed by atoms with Crippen molar-refractivity contribution in [1.82, 2.24) is 10.2 Å². The van der Waals surface area contributed by atoms with E-state index in [0.29, 0.717) is 43.6 Å². The minimum atomic E-state index is -4.47. The number of nitrogens with zero attached hydrogens (tertiary/aromatic N) is 3. The summed E-state index contributed by atoms with van der Waals surface area (Å²) in [6.07, 6.45) is -4.47. The largest absolute Gasteiger partial charge is 0.416 e. The number of anilines is 2. The topological polar surface area (TPSA) is 80.5 Å². The summed E-state index contributed by atoms with van der Waals surface area (Å²) < 4.78 is 50.1. The molecule has 1 saturated heterocycles. The Morgan fingerprint density at radius 3 is 2.62 bits per heavy atom. The van der Waals surface area contributed by atoms with Crippen LogP contribution in [-0.2, 0) is 15.7 Å². The molecular weight excluding hydrogens is 409 g/mol. The summed E-state index contributed by atoms with van der Waals surface area (Å²) in [7, 11) is 0. The van der Waals surface area contributed by atoms with E-state index in [4.69, 9.17) is 9.15 Å². The predicted octanol–water partition coefficient (Wildman–Crippen LogP) is 3.78. The lowest BCUT2D eigenvalue weighted by Crippen LogP contribution is -2.37. The second-order valence-electron chi connectivity index (χ2n) is 6.73. The monoisotopic (exact) mass is 430 g/mol. The number of rotatable bonds is 6. The van der Waals surface area contributed by atoms with Crippen molar-refractivity contribution in [2.45, 2.75) is 31.2 Å². The van der Waals surface area contributed by atoms with Gasteiger partial charge in [0.25, 0.3) is 5.22 Å². The molecule has 158 valence electrons. The Morgan fingerprint density at radius 2 is 2.00 bits per heavy atom. The molecule has 1 aliphatic rings. The van der Waals surface area contributed by atoms with Crippen molar-refractivity contribution >= 4 is 29.0 Å². The van der Waals surface area contributed by atoms with Gasteiger partial charge in [-0.3, -0.25) is 4.79 Å². The lowest BCUT2D eigenvalue weighted by atomic mass is 10.1. The number of carbonyl (C=O) groups excluding carboxylic acids is 1. The highest BCUT2D eigenvalue weighted by molar-refractivity contribution is 7.99. The van der Waals surface area contributed by atoms with Crippen LogP contribution in [-0.4, -0.2) is 48.2 Å². The maximum absolute atomic E-state index is 13.1. The van der Waals surface area contributed by atoms with E-state index in [1.807, 2.05) is 13.8 Å². The summed E-state index contributed by atoms with van der Waals surface area (Å²) >= 11 is 1.07. The molecule has 7 nitrogen and oxygen atoms in total. The molecule has 2 heterocycles. The van der Waals surface area contributed by atoms with Gasteiger partial charge in [-0.05, 0) is 18.2 Å². The van der Waals surface area contributed by atoms with Crippen molar-refractivity contribution in [2.24, 2.45) is 0 Å². The molecule has 0 spiro atoms. The van der Waals surface area contributed by atoms with Gasteiger partial charge in [0.05, 0.1) is 35.9 Å². The first-order valence-corrected chi connectivity index (χ1v) is 10.0. The summed E-state index contributed by atoms with van der Waals surface area (Å²) in [5.74, 6) is 0.163. The molecule has 0 unspecified atom stereocenters. The van der Waals surface area contributed by atoms with Gasteiger partial charge in [-0.25, -0.2) is 0 Å². The predicted molar refractivity (Wildman–Crippen MR) is 102 cm³/mol. The summed E-state index contributed by atoms with van der Waals surface area (Å²) in [4.78, 5) is 14.1. The fourth-order valence-corrected chi connectivity index (χ4v) is 3.27. The van der Waals surface area contributed by atoms with Gasteiger partial charge in [0.15, 0.2) is 0 Å². The number of amides is 1. The number of halogens is 3. The molecule has 0 radical (unpaired) electrons. The first kappa shape index (κ1) is 21.4. The van der Waals surface area contributed by atoms with Crippen LogP contribution in [0.15, 0.2) is 27.8 Å². The first-order valence-electron chi connectivity index (χ1n) is 9.04. The number of morpholine rings is 1. The second kappa shape index (κ2) is 9.04.